The second-order valence-corrected chi connectivity index (χ2v) is 4.87. The average Bonchev–Trinajstić information content (AvgIpc) is 2.81. The molecule has 0 unspecified atom stereocenters. The van der Waals surface area contributed by atoms with Gasteiger partial charge < -0.3 is 4.98 Å². The van der Waals surface area contributed by atoms with Gasteiger partial charge in [0.15, 0.2) is 11.0 Å². The Labute approximate surface area is 115 Å². The van der Waals surface area contributed by atoms with E-state index in [0.717, 1.165) is 28.7 Å². The smallest absolute Gasteiger partial charge is 0.345 e. The lowest BCUT2D eigenvalue weighted by Crippen LogP contribution is -2.32. The normalized spacial score (nSPS) is 11.5. The van der Waals surface area contributed by atoms with E-state index in [2.05, 4.69) is 9.97 Å². The van der Waals surface area contributed by atoms with Crippen molar-refractivity contribution in [3.63, 3.8) is 0 Å². The molecule has 0 radical (unpaired) electrons. The van der Waals surface area contributed by atoms with E-state index in [1.807, 2.05) is 31.2 Å². The average molecular weight is 277 g/mol. The number of halogens is 1. The van der Waals surface area contributed by atoms with E-state index in [4.69, 9.17) is 11.6 Å². The number of rotatable bonds is 3. The van der Waals surface area contributed by atoms with E-state index >= 15 is 0 Å². The minimum absolute atomic E-state index is 0.0116. The van der Waals surface area contributed by atoms with Crippen molar-refractivity contribution >= 4 is 33.5 Å². The van der Waals surface area contributed by atoms with Crippen LogP contribution in [0.25, 0.3) is 21.9 Å². The highest BCUT2D eigenvalue weighted by atomic mass is 35.5. The highest BCUT2D eigenvalue weighted by Gasteiger charge is 2.19. The van der Waals surface area contributed by atoms with Gasteiger partial charge in [-0.05, 0) is 12.1 Å². The molecule has 0 aliphatic heterocycles. The molecule has 5 heteroatoms. The van der Waals surface area contributed by atoms with Gasteiger partial charge in [0.2, 0.25) is 0 Å². The minimum Gasteiger partial charge on any atom is -0.345 e. The molecule has 0 saturated heterocycles. The Balaban J connectivity index is 2.44. The Morgan fingerprint density at radius 1 is 1.37 bits per heavy atom. The Morgan fingerprint density at radius 3 is 2.89 bits per heavy atom. The van der Waals surface area contributed by atoms with E-state index in [1.54, 1.807) is 4.57 Å². The molecule has 3 aromatic rings. The molecule has 0 aliphatic carbocycles. The van der Waals surface area contributed by atoms with Crippen LogP contribution in [0.2, 0.25) is 0 Å². The number of nitrogens with one attached hydrogen (secondary N) is 2. The third-order valence-corrected chi connectivity index (χ3v) is 3.57. The van der Waals surface area contributed by atoms with Crippen molar-refractivity contribution < 1.29 is 4.98 Å². The van der Waals surface area contributed by atoms with Gasteiger partial charge in [-0.2, -0.15) is 4.57 Å². The molecule has 4 nitrogen and oxygen atoms in total. The molecule has 0 spiro atoms. The first-order valence-electron chi connectivity index (χ1n) is 6.37. The van der Waals surface area contributed by atoms with Crippen LogP contribution in [-0.2, 0) is 13.0 Å². The number of aromatic nitrogens is 3. The van der Waals surface area contributed by atoms with Crippen molar-refractivity contribution in [1.82, 2.24) is 9.55 Å². The van der Waals surface area contributed by atoms with Gasteiger partial charge in [-0.15, -0.1) is 11.6 Å². The summed E-state index contributed by atoms with van der Waals surface area (Å²) in [5.74, 6) is 1.33. The molecule has 2 aromatic heterocycles. The molecule has 3 rings (SSSR count). The molecular weight excluding hydrogens is 262 g/mol. The summed E-state index contributed by atoms with van der Waals surface area (Å²) >= 11 is 5.78. The van der Waals surface area contributed by atoms with Crippen LogP contribution in [0.1, 0.15) is 12.7 Å². The first-order chi connectivity index (χ1) is 9.26. The van der Waals surface area contributed by atoms with Crippen LogP contribution in [0.15, 0.2) is 29.1 Å². The quantitative estimate of drug-likeness (QED) is 0.732. The maximum Gasteiger partial charge on any atom is 0.361 e. The van der Waals surface area contributed by atoms with Crippen LogP contribution in [-0.4, -0.2) is 15.4 Å². The highest BCUT2D eigenvalue weighted by Crippen LogP contribution is 2.19. The Bertz CT molecular complexity index is 803. The van der Waals surface area contributed by atoms with Gasteiger partial charge in [-0.25, -0.2) is 9.78 Å². The largest absolute Gasteiger partial charge is 0.361 e. The number of H-pyrrole nitrogens is 2. The van der Waals surface area contributed by atoms with Crippen LogP contribution in [0, 0.1) is 0 Å². The van der Waals surface area contributed by atoms with Gasteiger partial charge in [0.25, 0.3) is 5.82 Å². The van der Waals surface area contributed by atoms with Crippen molar-refractivity contribution in [3.05, 3.63) is 40.4 Å². The summed E-state index contributed by atoms with van der Waals surface area (Å²) in [6, 6.07) is 7.91. The van der Waals surface area contributed by atoms with Gasteiger partial charge in [-0.1, -0.05) is 19.1 Å². The maximum absolute atomic E-state index is 12.5. The summed E-state index contributed by atoms with van der Waals surface area (Å²) in [4.78, 5) is 19.1. The zero-order chi connectivity index (χ0) is 13.4. The van der Waals surface area contributed by atoms with Gasteiger partial charge in [-0.3, -0.25) is 0 Å². The maximum atomic E-state index is 12.5. The SMILES string of the molecule is CCc1[nH+]c2c([nH]c3ccccc32)c(=O)n1CCCl. The predicted octanol–water partition coefficient (Wildman–Crippen LogP) is 2.10. The fraction of sp³-hybridized carbons (Fsp3) is 0.286. The summed E-state index contributed by atoms with van der Waals surface area (Å²) in [7, 11) is 0. The molecule has 19 heavy (non-hydrogen) atoms. The van der Waals surface area contributed by atoms with E-state index < -0.39 is 0 Å². The lowest BCUT2D eigenvalue weighted by molar-refractivity contribution is -0.365. The van der Waals surface area contributed by atoms with Crippen molar-refractivity contribution in [1.29, 1.82) is 0 Å². The molecule has 0 atom stereocenters. The van der Waals surface area contributed by atoms with Crippen molar-refractivity contribution in [2.75, 3.05) is 5.88 Å². The van der Waals surface area contributed by atoms with Gasteiger partial charge in [0.1, 0.15) is 6.54 Å². The first-order valence-corrected chi connectivity index (χ1v) is 6.91. The van der Waals surface area contributed by atoms with Crippen LogP contribution in [0.4, 0.5) is 0 Å². The van der Waals surface area contributed by atoms with E-state index in [9.17, 15) is 4.79 Å². The second-order valence-electron chi connectivity index (χ2n) is 4.49. The highest BCUT2D eigenvalue weighted by molar-refractivity contribution is 6.17. The second kappa shape index (κ2) is 4.70. The number of benzene rings is 1. The van der Waals surface area contributed by atoms with Gasteiger partial charge in [0, 0.05) is 11.8 Å². The molecule has 0 bridgehead atoms. The number of nitrogens with zero attached hydrogens (tertiary/aromatic N) is 1. The van der Waals surface area contributed by atoms with Crippen molar-refractivity contribution in [2.45, 2.75) is 19.9 Å². The molecule has 0 amide bonds. The molecule has 2 heterocycles. The third-order valence-electron chi connectivity index (χ3n) is 3.40. The van der Waals surface area contributed by atoms with Crippen LogP contribution in [0.5, 0.6) is 0 Å². The molecular formula is C14H15ClN3O+. The molecule has 0 saturated carbocycles. The van der Waals surface area contributed by atoms with Crippen molar-refractivity contribution in [3.8, 4) is 0 Å². The number of para-hydroxylation sites is 1. The first kappa shape index (κ1) is 12.2. The number of alkyl halides is 1. The van der Waals surface area contributed by atoms with Crippen LogP contribution in [0.3, 0.4) is 0 Å². The third kappa shape index (κ3) is 1.83. The molecule has 98 valence electrons. The summed E-state index contributed by atoms with van der Waals surface area (Å²) < 4.78 is 1.71. The Hall–Kier alpha value is -1.81. The van der Waals surface area contributed by atoms with Gasteiger partial charge >= 0.3 is 5.56 Å². The summed E-state index contributed by atoms with van der Waals surface area (Å²) in [5.41, 5.74) is 2.45. The summed E-state index contributed by atoms with van der Waals surface area (Å²) in [6.45, 7) is 2.54. The zero-order valence-electron chi connectivity index (χ0n) is 10.7. The number of fused-ring (bicyclic) bond motifs is 3. The number of aryl methyl sites for hydroxylation is 1. The fourth-order valence-electron chi connectivity index (χ4n) is 2.50. The Morgan fingerprint density at radius 2 is 2.16 bits per heavy atom. The molecule has 1 aromatic carbocycles. The lowest BCUT2D eigenvalue weighted by atomic mass is 10.2. The molecule has 0 fully saturated rings. The minimum atomic E-state index is -0.0116. The zero-order valence-corrected chi connectivity index (χ0v) is 11.4. The fourth-order valence-corrected chi connectivity index (χ4v) is 2.67. The van der Waals surface area contributed by atoms with E-state index in [0.29, 0.717) is 17.9 Å². The Kier molecular flexibility index (Phi) is 3.03. The monoisotopic (exact) mass is 276 g/mol. The van der Waals surface area contributed by atoms with E-state index in [-0.39, 0.29) is 5.56 Å². The van der Waals surface area contributed by atoms with Crippen molar-refractivity contribution in [2.24, 2.45) is 0 Å². The van der Waals surface area contributed by atoms with E-state index in [1.165, 1.54) is 0 Å². The topological polar surface area (TPSA) is 51.9 Å². The van der Waals surface area contributed by atoms with Crippen LogP contribution >= 0.6 is 11.6 Å². The summed E-state index contributed by atoms with van der Waals surface area (Å²) in [6.07, 6.45) is 0.765. The lowest BCUT2D eigenvalue weighted by Gasteiger charge is -2.01. The summed E-state index contributed by atoms with van der Waals surface area (Å²) in [5, 5.41) is 1.04. The van der Waals surface area contributed by atoms with Gasteiger partial charge in [0.05, 0.1) is 11.4 Å². The number of aromatic amines is 2. The standard InChI is InChI=1S/C14H14ClN3O/c1-2-11-17-12-9-5-3-4-6-10(9)16-13(12)14(19)18(11)8-7-15/h3-6,16H,2,7-8H2,1H3/p+1. The predicted molar refractivity (Wildman–Crippen MR) is 76.7 cm³/mol. The number of hydrogen-bond acceptors (Lipinski definition) is 1. The molecule has 0 aliphatic rings. The van der Waals surface area contributed by atoms with Crippen LogP contribution < -0.4 is 10.5 Å². The molecule has 2 N–H and O–H groups in total. The number of hydrogen-bond donors (Lipinski definition) is 1.